The second kappa shape index (κ2) is 5.91. The lowest BCUT2D eigenvalue weighted by atomic mass is 10.1. The lowest BCUT2D eigenvalue weighted by Gasteiger charge is -2.11. The van der Waals surface area contributed by atoms with E-state index in [1.165, 1.54) is 12.7 Å². The molecule has 5 heteroatoms. The Morgan fingerprint density at radius 2 is 2.41 bits per heavy atom. The Kier molecular flexibility index (Phi) is 4.25. The number of aryl methyl sites for hydroxylation is 1. The van der Waals surface area contributed by atoms with Gasteiger partial charge in [0.05, 0.1) is 5.69 Å². The highest BCUT2D eigenvalue weighted by molar-refractivity contribution is 5.37. The molecule has 0 saturated carbocycles. The topological polar surface area (TPSA) is 49.8 Å². The Hall–Kier alpha value is -1.23. The summed E-state index contributed by atoms with van der Waals surface area (Å²) in [6.07, 6.45) is 4.28. The van der Waals surface area contributed by atoms with E-state index in [0.29, 0.717) is 23.9 Å². The van der Waals surface area contributed by atoms with Crippen LogP contribution in [0.2, 0.25) is 0 Å². The Morgan fingerprint density at radius 3 is 3.12 bits per heavy atom. The van der Waals surface area contributed by atoms with E-state index in [-0.39, 0.29) is 5.82 Å². The van der Waals surface area contributed by atoms with Crippen molar-refractivity contribution in [2.24, 2.45) is 5.92 Å². The van der Waals surface area contributed by atoms with Crippen LogP contribution in [0.4, 0.5) is 10.2 Å². The van der Waals surface area contributed by atoms with E-state index in [0.717, 1.165) is 26.1 Å². The molecule has 1 unspecified atom stereocenters. The van der Waals surface area contributed by atoms with Crippen LogP contribution in [0.5, 0.6) is 0 Å². The number of rotatable bonds is 5. The van der Waals surface area contributed by atoms with Crippen molar-refractivity contribution in [1.29, 1.82) is 0 Å². The van der Waals surface area contributed by atoms with Crippen LogP contribution in [0, 0.1) is 11.7 Å². The maximum absolute atomic E-state index is 13.8. The number of nitrogens with one attached hydrogen (secondary N) is 2. The predicted molar refractivity (Wildman–Crippen MR) is 65.5 cm³/mol. The normalized spacial score (nSPS) is 19.5. The minimum Gasteiger partial charge on any atom is -0.368 e. The van der Waals surface area contributed by atoms with Crippen LogP contribution >= 0.6 is 0 Å². The molecule has 1 fully saturated rings. The molecule has 1 aliphatic rings. The minimum absolute atomic E-state index is 0.306. The molecule has 4 nitrogen and oxygen atoms in total. The van der Waals surface area contributed by atoms with Crippen LogP contribution < -0.4 is 10.6 Å². The largest absolute Gasteiger partial charge is 0.368 e. The third kappa shape index (κ3) is 3.12. The summed E-state index contributed by atoms with van der Waals surface area (Å²) in [7, 11) is 0. The van der Waals surface area contributed by atoms with Gasteiger partial charge in [0.1, 0.15) is 6.33 Å². The molecule has 1 saturated heterocycles. The van der Waals surface area contributed by atoms with Crippen molar-refractivity contribution in [3.8, 4) is 0 Å². The monoisotopic (exact) mass is 238 g/mol. The molecule has 0 spiro atoms. The molecule has 94 valence electrons. The van der Waals surface area contributed by atoms with E-state index in [4.69, 9.17) is 0 Å². The van der Waals surface area contributed by atoms with Gasteiger partial charge in [-0.2, -0.15) is 0 Å². The van der Waals surface area contributed by atoms with Crippen molar-refractivity contribution >= 4 is 5.82 Å². The maximum Gasteiger partial charge on any atom is 0.186 e. The zero-order valence-corrected chi connectivity index (χ0v) is 10.2. The van der Waals surface area contributed by atoms with Gasteiger partial charge in [0.25, 0.3) is 0 Å². The molecule has 2 rings (SSSR count). The average molecular weight is 238 g/mol. The number of nitrogens with zero attached hydrogens (tertiary/aromatic N) is 2. The summed E-state index contributed by atoms with van der Waals surface area (Å²) in [5.74, 6) is 0.736. The number of hydrogen-bond donors (Lipinski definition) is 2. The van der Waals surface area contributed by atoms with Crippen LogP contribution in [0.1, 0.15) is 25.5 Å². The van der Waals surface area contributed by atoms with Crippen molar-refractivity contribution in [2.75, 3.05) is 25.0 Å². The van der Waals surface area contributed by atoms with Crippen molar-refractivity contribution in [2.45, 2.75) is 26.2 Å². The molecule has 1 atom stereocenters. The van der Waals surface area contributed by atoms with Gasteiger partial charge in [0, 0.05) is 6.54 Å². The zero-order valence-electron chi connectivity index (χ0n) is 10.2. The Balaban J connectivity index is 1.85. The highest BCUT2D eigenvalue weighted by atomic mass is 19.1. The molecule has 0 radical (unpaired) electrons. The molecular formula is C12H19FN4. The SMILES string of the molecule is CCc1ncnc(NCCC2CCNC2)c1F. The van der Waals surface area contributed by atoms with Crippen LogP contribution in [-0.2, 0) is 6.42 Å². The lowest BCUT2D eigenvalue weighted by Crippen LogP contribution is -2.14. The second-order valence-electron chi connectivity index (χ2n) is 4.41. The molecule has 1 aromatic heterocycles. The Morgan fingerprint density at radius 1 is 1.53 bits per heavy atom. The van der Waals surface area contributed by atoms with E-state index in [9.17, 15) is 4.39 Å². The summed E-state index contributed by atoms with van der Waals surface area (Å²) >= 11 is 0. The van der Waals surface area contributed by atoms with Gasteiger partial charge in [0.15, 0.2) is 11.6 Å². The predicted octanol–water partition coefficient (Wildman–Crippen LogP) is 1.59. The van der Waals surface area contributed by atoms with E-state index >= 15 is 0 Å². The van der Waals surface area contributed by atoms with E-state index in [2.05, 4.69) is 20.6 Å². The third-order valence-corrected chi connectivity index (χ3v) is 3.20. The lowest BCUT2D eigenvalue weighted by molar-refractivity contribution is 0.545. The van der Waals surface area contributed by atoms with Crippen LogP contribution in [-0.4, -0.2) is 29.6 Å². The number of anilines is 1. The molecule has 1 aromatic rings. The number of aromatic nitrogens is 2. The summed E-state index contributed by atoms with van der Waals surface area (Å²) in [6.45, 7) is 4.84. The fourth-order valence-electron chi connectivity index (χ4n) is 2.13. The molecule has 0 aromatic carbocycles. The first-order valence-electron chi connectivity index (χ1n) is 6.25. The van der Waals surface area contributed by atoms with E-state index < -0.39 is 0 Å². The molecule has 0 aliphatic carbocycles. The van der Waals surface area contributed by atoms with E-state index in [1.54, 1.807) is 0 Å². The van der Waals surface area contributed by atoms with Crippen LogP contribution in [0.3, 0.4) is 0 Å². The van der Waals surface area contributed by atoms with Gasteiger partial charge in [-0.1, -0.05) is 6.92 Å². The Labute approximate surface area is 101 Å². The van der Waals surface area contributed by atoms with E-state index in [1.807, 2.05) is 6.92 Å². The highest BCUT2D eigenvalue weighted by Gasteiger charge is 2.14. The van der Waals surface area contributed by atoms with Crippen LogP contribution in [0.25, 0.3) is 0 Å². The van der Waals surface area contributed by atoms with Gasteiger partial charge in [0.2, 0.25) is 0 Å². The number of hydrogen-bond acceptors (Lipinski definition) is 4. The highest BCUT2D eigenvalue weighted by Crippen LogP contribution is 2.15. The van der Waals surface area contributed by atoms with Gasteiger partial charge in [-0.05, 0) is 38.3 Å². The van der Waals surface area contributed by atoms with Crippen molar-refractivity contribution in [3.05, 3.63) is 17.8 Å². The van der Waals surface area contributed by atoms with Crippen molar-refractivity contribution in [3.63, 3.8) is 0 Å². The fraction of sp³-hybridized carbons (Fsp3) is 0.667. The zero-order chi connectivity index (χ0) is 12.1. The number of halogens is 1. The molecule has 2 N–H and O–H groups in total. The molecule has 1 aliphatic heterocycles. The molecule has 0 bridgehead atoms. The Bertz CT molecular complexity index is 364. The third-order valence-electron chi connectivity index (χ3n) is 3.20. The second-order valence-corrected chi connectivity index (χ2v) is 4.41. The van der Waals surface area contributed by atoms with Crippen molar-refractivity contribution < 1.29 is 4.39 Å². The first-order chi connectivity index (χ1) is 8.31. The molecule has 17 heavy (non-hydrogen) atoms. The smallest absolute Gasteiger partial charge is 0.186 e. The summed E-state index contributed by atoms with van der Waals surface area (Å²) in [5, 5.41) is 6.38. The molecular weight excluding hydrogens is 219 g/mol. The fourth-order valence-corrected chi connectivity index (χ4v) is 2.13. The summed E-state index contributed by atoms with van der Waals surface area (Å²) in [5.41, 5.74) is 0.477. The first kappa shape index (κ1) is 12.2. The molecule has 2 heterocycles. The van der Waals surface area contributed by atoms with Gasteiger partial charge in [-0.25, -0.2) is 14.4 Å². The van der Waals surface area contributed by atoms with Gasteiger partial charge in [-0.15, -0.1) is 0 Å². The van der Waals surface area contributed by atoms with Crippen molar-refractivity contribution in [1.82, 2.24) is 15.3 Å². The van der Waals surface area contributed by atoms with Gasteiger partial charge in [-0.3, -0.25) is 0 Å². The quantitative estimate of drug-likeness (QED) is 0.818. The van der Waals surface area contributed by atoms with Crippen LogP contribution in [0.15, 0.2) is 6.33 Å². The minimum atomic E-state index is -0.306. The van der Waals surface area contributed by atoms with Gasteiger partial charge < -0.3 is 10.6 Å². The molecule has 0 amide bonds. The summed E-state index contributed by atoms with van der Waals surface area (Å²) in [4.78, 5) is 7.85. The maximum atomic E-state index is 13.8. The standard InChI is InChI=1S/C12H19FN4/c1-2-10-11(13)12(17-8-16-10)15-6-4-9-3-5-14-7-9/h8-9,14H,2-7H2,1H3,(H,15,16,17). The summed E-state index contributed by atoms with van der Waals surface area (Å²) < 4.78 is 13.8. The first-order valence-corrected chi connectivity index (χ1v) is 6.25. The summed E-state index contributed by atoms with van der Waals surface area (Å²) in [6, 6.07) is 0. The average Bonchev–Trinajstić information content (AvgIpc) is 2.84. The van der Waals surface area contributed by atoms with Gasteiger partial charge >= 0.3 is 0 Å².